The molecule has 9 heteroatoms. The van der Waals surface area contributed by atoms with Crippen molar-refractivity contribution in [1.29, 1.82) is 0 Å². The van der Waals surface area contributed by atoms with Crippen molar-refractivity contribution in [2.45, 2.75) is 219 Å². The molecule has 0 aromatic rings. The van der Waals surface area contributed by atoms with Crippen LogP contribution in [0.15, 0.2) is 24.3 Å². The standard InChI is InChI=1S/C45H89N2O6P/c1-6-8-10-12-14-16-17-18-19-20-21-22-23-24-25-26-27-28-29-31-33-35-37-39-45(49)46-43(42-53-54(50,51)52-41-40-47(3,4)5)44(48)38-36-34-32-30-15-13-11-9-7-2/h21-22,24-25,43-44,48H,6-20,23,26-42H2,1-5H3,(H-,46,49,50,51)/b22-21-,25-24-. The number of phosphoric acid groups is 1. The highest BCUT2D eigenvalue weighted by Gasteiger charge is 2.24. The van der Waals surface area contributed by atoms with Gasteiger partial charge in [-0.2, -0.15) is 0 Å². The summed E-state index contributed by atoms with van der Waals surface area (Å²) in [6.45, 7) is 4.69. The van der Waals surface area contributed by atoms with Crippen LogP contribution in [0.5, 0.6) is 0 Å². The molecule has 0 aromatic heterocycles. The van der Waals surface area contributed by atoms with E-state index in [9.17, 15) is 19.4 Å². The zero-order valence-corrected chi connectivity index (χ0v) is 37.1. The van der Waals surface area contributed by atoms with Gasteiger partial charge in [-0.15, -0.1) is 0 Å². The van der Waals surface area contributed by atoms with Crippen molar-refractivity contribution in [2.24, 2.45) is 0 Å². The molecule has 0 fully saturated rings. The lowest BCUT2D eigenvalue weighted by Crippen LogP contribution is -2.46. The fourth-order valence-electron chi connectivity index (χ4n) is 6.54. The van der Waals surface area contributed by atoms with Crippen LogP contribution in [-0.4, -0.2) is 68.5 Å². The summed E-state index contributed by atoms with van der Waals surface area (Å²) < 4.78 is 23.2. The average Bonchev–Trinajstić information content (AvgIpc) is 3.12. The van der Waals surface area contributed by atoms with Crippen molar-refractivity contribution in [3.63, 3.8) is 0 Å². The zero-order valence-electron chi connectivity index (χ0n) is 36.2. The second-order valence-electron chi connectivity index (χ2n) is 16.8. The van der Waals surface area contributed by atoms with Gasteiger partial charge in [0, 0.05) is 6.42 Å². The zero-order chi connectivity index (χ0) is 40.0. The van der Waals surface area contributed by atoms with Crippen molar-refractivity contribution < 1.29 is 32.9 Å². The average molecular weight is 785 g/mol. The van der Waals surface area contributed by atoms with E-state index in [1.54, 1.807) is 0 Å². The minimum atomic E-state index is -4.56. The molecule has 0 aliphatic heterocycles. The maximum Gasteiger partial charge on any atom is 0.268 e. The van der Waals surface area contributed by atoms with Crippen molar-refractivity contribution in [3.8, 4) is 0 Å². The fraction of sp³-hybridized carbons (Fsp3) is 0.889. The molecule has 0 saturated carbocycles. The summed E-state index contributed by atoms with van der Waals surface area (Å²) in [5, 5.41) is 13.8. The van der Waals surface area contributed by atoms with Gasteiger partial charge >= 0.3 is 0 Å². The van der Waals surface area contributed by atoms with Gasteiger partial charge in [0.15, 0.2) is 0 Å². The maximum absolute atomic E-state index is 12.8. The van der Waals surface area contributed by atoms with Crippen LogP contribution in [0.4, 0.5) is 0 Å². The summed E-state index contributed by atoms with van der Waals surface area (Å²) in [4.78, 5) is 25.3. The van der Waals surface area contributed by atoms with Gasteiger partial charge in [-0.25, -0.2) is 0 Å². The maximum atomic E-state index is 12.8. The summed E-state index contributed by atoms with van der Waals surface area (Å²) in [7, 11) is 1.30. The number of amides is 1. The number of quaternary nitrogens is 1. The third kappa shape index (κ3) is 39.2. The Bertz CT molecular complexity index is 938. The van der Waals surface area contributed by atoms with Crippen LogP contribution >= 0.6 is 7.82 Å². The summed E-state index contributed by atoms with van der Waals surface area (Å²) >= 11 is 0. The Morgan fingerprint density at radius 1 is 0.648 bits per heavy atom. The van der Waals surface area contributed by atoms with Gasteiger partial charge < -0.3 is 28.8 Å². The summed E-state index contributed by atoms with van der Waals surface area (Å²) in [5.41, 5.74) is 0. The highest BCUT2D eigenvalue weighted by molar-refractivity contribution is 7.45. The normalized spacial score (nSPS) is 14.6. The minimum Gasteiger partial charge on any atom is -0.756 e. The number of aliphatic hydroxyl groups is 1. The number of hydrogen-bond donors (Lipinski definition) is 2. The van der Waals surface area contributed by atoms with Gasteiger partial charge in [-0.1, -0.05) is 179 Å². The molecule has 0 spiro atoms. The predicted molar refractivity (Wildman–Crippen MR) is 228 cm³/mol. The van der Waals surface area contributed by atoms with Crippen molar-refractivity contribution in [2.75, 3.05) is 40.9 Å². The largest absolute Gasteiger partial charge is 0.756 e. The number of unbranched alkanes of at least 4 members (excludes halogenated alkanes) is 24. The van der Waals surface area contributed by atoms with Crippen LogP contribution in [0.3, 0.4) is 0 Å². The van der Waals surface area contributed by atoms with E-state index in [4.69, 9.17) is 9.05 Å². The number of nitrogens with zero attached hydrogens (tertiary/aromatic N) is 1. The number of nitrogens with one attached hydrogen (secondary N) is 1. The lowest BCUT2D eigenvalue weighted by atomic mass is 10.0. The molecule has 320 valence electrons. The quantitative estimate of drug-likeness (QED) is 0.0277. The number of carbonyl (C=O) groups is 1. The molecule has 0 heterocycles. The second-order valence-corrected chi connectivity index (χ2v) is 18.2. The Morgan fingerprint density at radius 3 is 1.54 bits per heavy atom. The summed E-state index contributed by atoms with van der Waals surface area (Å²) in [6, 6.07) is -0.801. The van der Waals surface area contributed by atoms with E-state index >= 15 is 0 Å². The van der Waals surface area contributed by atoms with Gasteiger partial charge in [0.25, 0.3) is 7.82 Å². The predicted octanol–water partition coefficient (Wildman–Crippen LogP) is 11.9. The Hall–Kier alpha value is -1.02. The van der Waals surface area contributed by atoms with Crippen molar-refractivity contribution in [3.05, 3.63) is 24.3 Å². The topological polar surface area (TPSA) is 108 Å². The molecule has 0 bridgehead atoms. The van der Waals surface area contributed by atoms with Gasteiger partial charge in [0.2, 0.25) is 5.91 Å². The van der Waals surface area contributed by atoms with E-state index in [1.807, 2.05) is 21.1 Å². The number of phosphoric ester groups is 1. The van der Waals surface area contributed by atoms with E-state index in [0.29, 0.717) is 23.9 Å². The van der Waals surface area contributed by atoms with Gasteiger partial charge in [0.1, 0.15) is 13.2 Å². The highest BCUT2D eigenvalue weighted by atomic mass is 31.2. The lowest BCUT2D eigenvalue weighted by molar-refractivity contribution is -0.870. The molecule has 3 unspecified atom stereocenters. The Labute approximate surface area is 334 Å². The van der Waals surface area contributed by atoms with Crippen LogP contribution in [0.1, 0.15) is 206 Å². The van der Waals surface area contributed by atoms with E-state index in [0.717, 1.165) is 51.4 Å². The minimum absolute atomic E-state index is 0.0106. The van der Waals surface area contributed by atoms with Gasteiger partial charge in [-0.3, -0.25) is 9.36 Å². The molecule has 0 aromatic carbocycles. The summed E-state index contributed by atoms with van der Waals surface area (Å²) in [5.74, 6) is -0.174. The van der Waals surface area contributed by atoms with E-state index < -0.39 is 20.0 Å². The first kappa shape index (κ1) is 53.0. The number of allylic oxidation sites excluding steroid dienone is 4. The van der Waals surface area contributed by atoms with Crippen LogP contribution in [0.25, 0.3) is 0 Å². The first-order valence-electron chi connectivity index (χ1n) is 22.7. The van der Waals surface area contributed by atoms with Crippen LogP contribution < -0.4 is 10.2 Å². The van der Waals surface area contributed by atoms with E-state index in [2.05, 4.69) is 43.5 Å². The number of aliphatic hydroxyl groups excluding tert-OH is 1. The van der Waals surface area contributed by atoms with Crippen molar-refractivity contribution >= 4 is 13.7 Å². The van der Waals surface area contributed by atoms with Crippen LogP contribution in [0.2, 0.25) is 0 Å². The first-order valence-corrected chi connectivity index (χ1v) is 24.1. The fourth-order valence-corrected chi connectivity index (χ4v) is 7.26. The lowest BCUT2D eigenvalue weighted by Gasteiger charge is -2.30. The molecule has 8 nitrogen and oxygen atoms in total. The van der Waals surface area contributed by atoms with Gasteiger partial charge in [0.05, 0.1) is 39.9 Å². The SMILES string of the molecule is CCCCCCCCCCC/C=C\C/C=C\CCCCCCCCCC(=O)NC(COP(=O)([O-])OCC[N+](C)(C)C)C(O)CCCCCCCCCCC. The van der Waals surface area contributed by atoms with Crippen LogP contribution in [0, 0.1) is 0 Å². The molecule has 1 amide bonds. The van der Waals surface area contributed by atoms with Gasteiger partial charge in [-0.05, 0) is 44.9 Å². The molecule has 3 atom stereocenters. The molecule has 0 aliphatic carbocycles. The summed E-state index contributed by atoms with van der Waals surface area (Å²) in [6.07, 6.45) is 43.4. The Morgan fingerprint density at radius 2 is 1.07 bits per heavy atom. The number of carbonyl (C=O) groups excluding carboxylic acids is 1. The molecular weight excluding hydrogens is 695 g/mol. The number of hydrogen-bond acceptors (Lipinski definition) is 6. The molecule has 2 N–H and O–H groups in total. The monoisotopic (exact) mass is 785 g/mol. The molecule has 0 radical (unpaired) electrons. The Balaban J connectivity index is 4.21. The number of likely N-dealkylation sites (N-methyl/N-ethyl adjacent to an activating group) is 1. The van der Waals surface area contributed by atoms with Crippen molar-refractivity contribution in [1.82, 2.24) is 5.32 Å². The highest BCUT2D eigenvalue weighted by Crippen LogP contribution is 2.38. The molecule has 0 saturated heterocycles. The van der Waals surface area contributed by atoms with E-state index in [1.165, 1.54) is 128 Å². The third-order valence-electron chi connectivity index (χ3n) is 10.2. The molecule has 0 rings (SSSR count). The third-order valence-corrected chi connectivity index (χ3v) is 11.2. The first-order chi connectivity index (χ1) is 26.0. The Kier molecular flexibility index (Phi) is 36.8. The number of rotatable bonds is 41. The smallest absolute Gasteiger partial charge is 0.268 e. The molecule has 54 heavy (non-hydrogen) atoms. The second kappa shape index (κ2) is 37.6. The molecular formula is C45H89N2O6P. The van der Waals surface area contributed by atoms with E-state index in [-0.39, 0.29) is 19.1 Å². The van der Waals surface area contributed by atoms with Crippen LogP contribution in [-0.2, 0) is 18.4 Å². The molecule has 0 aliphatic rings.